The van der Waals surface area contributed by atoms with Gasteiger partial charge < -0.3 is 38.4 Å². The van der Waals surface area contributed by atoms with Gasteiger partial charge in [-0.05, 0) is 49.2 Å². The van der Waals surface area contributed by atoms with E-state index in [1.165, 1.54) is 57.8 Å². The molecule has 2 aromatic carbocycles. The predicted molar refractivity (Wildman–Crippen MR) is 163 cm³/mol. The molecule has 3 rings (SSSR count). The summed E-state index contributed by atoms with van der Waals surface area (Å²) in [4.78, 5) is 15.4. The number of hydrogen-bond acceptors (Lipinski definition) is 3. The van der Waals surface area contributed by atoms with Crippen molar-refractivity contribution < 1.29 is 42.8 Å². The Morgan fingerprint density at radius 3 is 2.07 bits per heavy atom. The predicted octanol–water partition coefficient (Wildman–Crippen LogP) is 5.15. The van der Waals surface area contributed by atoms with E-state index in [9.17, 15) is 4.79 Å². The summed E-state index contributed by atoms with van der Waals surface area (Å²) in [6.07, 6.45) is 17.2. The monoisotopic (exact) mass is 672 g/mol. The summed E-state index contributed by atoms with van der Waals surface area (Å²) in [6, 6.07) is 19.6. The van der Waals surface area contributed by atoms with Gasteiger partial charge in [-0.1, -0.05) is 89.0 Å². The van der Waals surface area contributed by atoms with E-state index in [0.717, 1.165) is 29.8 Å². The lowest BCUT2D eigenvalue weighted by atomic mass is 10.1. The van der Waals surface area contributed by atoms with Gasteiger partial charge in [0.05, 0.1) is 20.3 Å². The summed E-state index contributed by atoms with van der Waals surface area (Å²) in [5.41, 5.74) is 2.79. The first kappa shape index (κ1) is 34.6. The summed E-state index contributed by atoms with van der Waals surface area (Å²) in [5, 5.41) is 0. The molecule has 5 nitrogen and oxygen atoms in total. The molecule has 3 aromatic rings. The zero-order chi connectivity index (χ0) is 28.4. The fourth-order valence-electron chi connectivity index (χ4n) is 4.97. The van der Waals surface area contributed by atoms with Crippen molar-refractivity contribution in [1.82, 2.24) is 4.90 Å². The van der Waals surface area contributed by atoms with Gasteiger partial charge in [0.1, 0.15) is 6.54 Å². The lowest BCUT2D eigenvalue weighted by molar-refractivity contribution is -0.694. The molecule has 0 saturated carbocycles. The first-order chi connectivity index (χ1) is 19.6. The highest BCUT2D eigenvalue weighted by atomic mass is 127. The van der Waals surface area contributed by atoms with Crippen molar-refractivity contribution in [3.8, 4) is 11.5 Å². The van der Waals surface area contributed by atoms with Crippen molar-refractivity contribution in [3.63, 3.8) is 0 Å². The molecule has 0 saturated heterocycles. The Balaban J connectivity index is 0.00000588. The summed E-state index contributed by atoms with van der Waals surface area (Å²) >= 11 is 0. The molecule has 0 spiro atoms. The lowest BCUT2D eigenvalue weighted by Gasteiger charge is -2.23. The smallest absolute Gasteiger partial charge is 0.254 e. The molecule has 6 heteroatoms. The number of carbonyl (C=O) groups is 1. The minimum Gasteiger partial charge on any atom is -1.00 e. The van der Waals surface area contributed by atoms with Crippen LogP contribution in [0.2, 0.25) is 0 Å². The molecule has 0 N–H and O–H groups in total. The fraction of sp³-hybridized carbons (Fsp3) is 0.486. The molecule has 224 valence electrons. The van der Waals surface area contributed by atoms with Gasteiger partial charge in [0.2, 0.25) is 0 Å². The van der Waals surface area contributed by atoms with E-state index in [0.29, 0.717) is 31.0 Å². The zero-order valence-electron chi connectivity index (χ0n) is 25.3. The average Bonchev–Trinajstić information content (AvgIpc) is 3.00. The number of carbonyl (C=O) groups excluding carboxylic acids is 1. The highest BCUT2D eigenvalue weighted by molar-refractivity contribution is 5.94. The van der Waals surface area contributed by atoms with Crippen LogP contribution >= 0.6 is 0 Å². The van der Waals surface area contributed by atoms with Crippen LogP contribution in [0.3, 0.4) is 0 Å². The Morgan fingerprint density at radius 2 is 1.41 bits per heavy atom. The molecule has 0 atom stereocenters. The van der Waals surface area contributed by atoms with Crippen LogP contribution in [-0.4, -0.2) is 24.5 Å². The van der Waals surface area contributed by atoms with Crippen molar-refractivity contribution in [2.45, 2.75) is 97.7 Å². The topological polar surface area (TPSA) is 42.7 Å². The molecular formula is C35H49IN2O3. The Kier molecular flexibility index (Phi) is 17.1. The SMILES string of the molecule is CCCCCCCCCCCCOc1ccc(CN(Cc2ccc[n+](CC)c2)C(=O)c2ccccc2)cc1OC.[I-]. The number of hydrogen-bond donors (Lipinski definition) is 0. The molecule has 0 aliphatic heterocycles. The summed E-state index contributed by atoms with van der Waals surface area (Å²) in [5.74, 6) is 1.48. The minimum absolute atomic E-state index is 0. The molecule has 1 amide bonds. The number of amides is 1. The fourth-order valence-corrected chi connectivity index (χ4v) is 4.97. The maximum Gasteiger partial charge on any atom is 0.254 e. The van der Waals surface area contributed by atoms with Gasteiger partial charge in [0, 0.05) is 23.7 Å². The lowest BCUT2D eigenvalue weighted by Crippen LogP contribution is -3.00. The Labute approximate surface area is 265 Å². The van der Waals surface area contributed by atoms with Crippen LogP contribution in [0.25, 0.3) is 0 Å². The van der Waals surface area contributed by atoms with Gasteiger partial charge in [-0.2, -0.15) is 0 Å². The van der Waals surface area contributed by atoms with E-state index in [4.69, 9.17) is 9.47 Å². The van der Waals surface area contributed by atoms with Crippen LogP contribution in [0, 0.1) is 0 Å². The molecule has 1 heterocycles. The number of aromatic nitrogens is 1. The number of aryl methyl sites for hydroxylation is 1. The van der Waals surface area contributed by atoms with Crippen molar-refractivity contribution in [3.05, 3.63) is 89.7 Å². The number of halogens is 1. The summed E-state index contributed by atoms with van der Waals surface area (Å²) in [6.45, 7) is 6.96. The summed E-state index contributed by atoms with van der Waals surface area (Å²) < 4.78 is 13.9. The number of nitrogens with zero attached hydrogens (tertiary/aromatic N) is 2. The van der Waals surface area contributed by atoms with Crippen molar-refractivity contribution in [1.29, 1.82) is 0 Å². The van der Waals surface area contributed by atoms with Crippen LogP contribution in [0.1, 0.15) is 99.5 Å². The number of ether oxygens (including phenoxy) is 2. The van der Waals surface area contributed by atoms with Crippen molar-refractivity contribution in [2.24, 2.45) is 0 Å². The number of methoxy groups -OCH3 is 1. The zero-order valence-corrected chi connectivity index (χ0v) is 27.5. The third-order valence-corrected chi connectivity index (χ3v) is 7.32. The molecule has 0 unspecified atom stereocenters. The Morgan fingerprint density at radius 1 is 0.756 bits per heavy atom. The molecule has 41 heavy (non-hydrogen) atoms. The van der Waals surface area contributed by atoms with Gasteiger partial charge in [-0.25, -0.2) is 4.57 Å². The van der Waals surface area contributed by atoms with Crippen LogP contribution in [-0.2, 0) is 19.6 Å². The maximum absolute atomic E-state index is 13.5. The molecule has 0 aliphatic carbocycles. The van der Waals surface area contributed by atoms with Crippen molar-refractivity contribution >= 4 is 5.91 Å². The van der Waals surface area contributed by atoms with Gasteiger partial charge in [0.25, 0.3) is 5.91 Å². The minimum atomic E-state index is 0. The Bertz CT molecular complexity index is 1140. The Hall–Kier alpha value is -2.61. The van der Waals surface area contributed by atoms with E-state index < -0.39 is 0 Å². The van der Waals surface area contributed by atoms with E-state index in [-0.39, 0.29) is 29.9 Å². The molecular weight excluding hydrogens is 623 g/mol. The third-order valence-electron chi connectivity index (χ3n) is 7.32. The van der Waals surface area contributed by atoms with E-state index in [1.807, 2.05) is 65.7 Å². The van der Waals surface area contributed by atoms with E-state index in [1.54, 1.807) is 7.11 Å². The molecule has 1 aromatic heterocycles. The normalized spacial score (nSPS) is 10.6. The van der Waals surface area contributed by atoms with Gasteiger partial charge in [-0.15, -0.1) is 0 Å². The standard InChI is InChI=1S/C35H49N2O3.HI/c1-4-6-7-8-9-10-11-12-13-17-25-40-33-23-22-30(26-34(33)39-3)28-37(35(38)32-20-15-14-16-21-32)29-31-19-18-24-36(5-2)27-31;/h14-16,18-24,26-27H,4-13,17,25,28-29H2,1-3H3;1H/q+1;/p-1. The van der Waals surface area contributed by atoms with Gasteiger partial charge in [-0.3, -0.25) is 4.79 Å². The first-order valence-corrected chi connectivity index (χ1v) is 15.3. The number of pyridine rings is 1. The van der Waals surface area contributed by atoms with Crippen LogP contribution in [0.4, 0.5) is 0 Å². The van der Waals surface area contributed by atoms with Crippen LogP contribution < -0.4 is 38.0 Å². The third kappa shape index (κ3) is 12.4. The second-order valence-electron chi connectivity index (χ2n) is 10.6. The van der Waals surface area contributed by atoms with E-state index >= 15 is 0 Å². The number of rotatable bonds is 19. The first-order valence-electron chi connectivity index (χ1n) is 15.3. The van der Waals surface area contributed by atoms with Crippen LogP contribution in [0.5, 0.6) is 11.5 Å². The van der Waals surface area contributed by atoms with E-state index in [2.05, 4.69) is 30.7 Å². The molecule has 0 aliphatic rings. The van der Waals surface area contributed by atoms with Crippen LogP contribution in [0.15, 0.2) is 73.1 Å². The quantitative estimate of drug-likeness (QED) is 0.101. The second kappa shape index (κ2) is 20.3. The average molecular weight is 673 g/mol. The summed E-state index contributed by atoms with van der Waals surface area (Å²) in [7, 11) is 1.67. The highest BCUT2D eigenvalue weighted by Crippen LogP contribution is 2.29. The van der Waals surface area contributed by atoms with Gasteiger partial charge >= 0.3 is 0 Å². The molecule has 0 bridgehead atoms. The second-order valence-corrected chi connectivity index (χ2v) is 10.6. The molecule has 0 fully saturated rings. The largest absolute Gasteiger partial charge is 1.00 e. The van der Waals surface area contributed by atoms with Gasteiger partial charge in [0.15, 0.2) is 23.9 Å². The number of unbranched alkanes of at least 4 members (excludes halogenated alkanes) is 9. The van der Waals surface area contributed by atoms with Crippen molar-refractivity contribution in [2.75, 3.05) is 13.7 Å². The highest BCUT2D eigenvalue weighted by Gasteiger charge is 2.19. The molecule has 0 radical (unpaired) electrons. The maximum atomic E-state index is 13.5. The number of benzene rings is 2.